The number of para-hydroxylation sites is 2. The van der Waals surface area contributed by atoms with Crippen LogP contribution in [0.2, 0.25) is 0 Å². The van der Waals surface area contributed by atoms with Crippen LogP contribution in [0.5, 0.6) is 0 Å². The molecule has 0 aliphatic carbocycles. The summed E-state index contributed by atoms with van der Waals surface area (Å²) in [5.41, 5.74) is 3.80. The number of carbonyl (C=O) groups is 1. The standard InChI is InChI=1S/C19H15N5O/c1-23-11-21-15-9-12(7-8-16(15)23)18(25)13(10-20)19-22-14-5-3-4-6-17(14)24(19)2/h3-9,11,13H,1-2H3/t13-/m1/s1. The van der Waals surface area contributed by atoms with Crippen LogP contribution in [0, 0.1) is 11.3 Å². The van der Waals surface area contributed by atoms with Crippen molar-refractivity contribution in [2.24, 2.45) is 14.1 Å². The first kappa shape index (κ1) is 15.1. The van der Waals surface area contributed by atoms with Gasteiger partial charge < -0.3 is 9.13 Å². The molecule has 0 radical (unpaired) electrons. The topological polar surface area (TPSA) is 76.5 Å². The summed E-state index contributed by atoms with van der Waals surface area (Å²) in [6.07, 6.45) is 1.70. The number of nitrogens with zero attached hydrogens (tertiary/aromatic N) is 5. The average Bonchev–Trinajstić information content (AvgIpc) is 3.17. The molecule has 4 aromatic rings. The van der Waals surface area contributed by atoms with E-state index in [1.807, 2.05) is 49.0 Å². The zero-order valence-electron chi connectivity index (χ0n) is 13.8. The van der Waals surface area contributed by atoms with E-state index in [1.165, 1.54) is 0 Å². The Balaban J connectivity index is 1.80. The number of Topliss-reactive ketones (excluding diaryl/α,β-unsaturated/α-hetero) is 1. The summed E-state index contributed by atoms with van der Waals surface area (Å²) in [6, 6.07) is 15.0. The first-order chi connectivity index (χ1) is 12.1. The van der Waals surface area contributed by atoms with Crippen molar-refractivity contribution < 1.29 is 4.79 Å². The number of aromatic nitrogens is 4. The van der Waals surface area contributed by atoms with Gasteiger partial charge in [0.05, 0.1) is 34.5 Å². The van der Waals surface area contributed by atoms with E-state index >= 15 is 0 Å². The van der Waals surface area contributed by atoms with E-state index in [0.717, 1.165) is 22.1 Å². The third-order valence-electron chi connectivity index (χ3n) is 4.48. The SMILES string of the molecule is Cn1cnc2cc(C(=O)[C@@H](C#N)c3nc4ccccc4n3C)ccc21. The van der Waals surface area contributed by atoms with Crippen LogP contribution in [-0.2, 0) is 14.1 Å². The van der Waals surface area contributed by atoms with Crippen molar-refractivity contribution in [3.05, 3.63) is 60.2 Å². The molecule has 0 bridgehead atoms. The molecule has 0 spiro atoms. The van der Waals surface area contributed by atoms with Gasteiger partial charge in [-0.2, -0.15) is 5.26 Å². The second-order valence-electron chi connectivity index (χ2n) is 6.00. The quantitative estimate of drug-likeness (QED) is 0.542. The van der Waals surface area contributed by atoms with Crippen LogP contribution in [0.25, 0.3) is 22.1 Å². The maximum atomic E-state index is 12.9. The van der Waals surface area contributed by atoms with Gasteiger partial charge in [-0.05, 0) is 30.3 Å². The highest BCUT2D eigenvalue weighted by molar-refractivity contribution is 6.04. The van der Waals surface area contributed by atoms with E-state index in [1.54, 1.807) is 23.0 Å². The number of hydrogen-bond acceptors (Lipinski definition) is 4. The molecule has 2 heterocycles. The molecule has 0 N–H and O–H groups in total. The van der Waals surface area contributed by atoms with Gasteiger partial charge in [-0.3, -0.25) is 4.79 Å². The molecule has 6 heteroatoms. The first-order valence-electron chi connectivity index (χ1n) is 7.86. The molecule has 25 heavy (non-hydrogen) atoms. The van der Waals surface area contributed by atoms with Gasteiger partial charge in [-0.25, -0.2) is 9.97 Å². The molecule has 2 aromatic carbocycles. The van der Waals surface area contributed by atoms with Crippen molar-refractivity contribution in [1.82, 2.24) is 19.1 Å². The van der Waals surface area contributed by atoms with Gasteiger partial charge in [0.2, 0.25) is 0 Å². The number of benzene rings is 2. The Hall–Kier alpha value is -3.46. The third kappa shape index (κ3) is 2.29. The van der Waals surface area contributed by atoms with Crippen LogP contribution in [0.3, 0.4) is 0 Å². The van der Waals surface area contributed by atoms with E-state index in [-0.39, 0.29) is 5.78 Å². The number of carbonyl (C=O) groups excluding carboxylic acids is 1. The number of rotatable bonds is 3. The zero-order valence-corrected chi connectivity index (χ0v) is 13.8. The molecule has 0 aliphatic rings. The monoisotopic (exact) mass is 329 g/mol. The Morgan fingerprint density at radius 2 is 1.92 bits per heavy atom. The Morgan fingerprint density at radius 3 is 2.68 bits per heavy atom. The number of nitriles is 1. The lowest BCUT2D eigenvalue weighted by Gasteiger charge is -2.09. The van der Waals surface area contributed by atoms with E-state index in [2.05, 4.69) is 16.0 Å². The lowest BCUT2D eigenvalue weighted by atomic mass is 9.97. The summed E-state index contributed by atoms with van der Waals surface area (Å²) >= 11 is 0. The number of imidazole rings is 2. The summed E-state index contributed by atoms with van der Waals surface area (Å²) in [4.78, 5) is 21.7. The molecule has 0 fully saturated rings. The number of ketones is 1. The van der Waals surface area contributed by atoms with E-state index in [0.29, 0.717) is 11.4 Å². The second-order valence-corrected chi connectivity index (χ2v) is 6.00. The molecule has 0 saturated carbocycles. The molecule has 0 unspecified atom stereocenters. The van der Waals surface area contributed by atoms with Crippen LogP contribution >= 0.6 is 0 Å². The van der Waals surface area contributed by atoms with Gasteiger partial charge in [0.25, 0.3) is 0 Å². The van der Waals surface area contributed by atoms with Gasteiger partial charge in [-0.15, -0.1) is 0 Å². The minimum atomic E-state index is -0.960. The number of fused-ring (bicyclic) bond motifs is 2. The van der Waals surface area contributed by atoms with Crippen LogP contribution < -0.4 is 0 Å². The van der Waals surface area contributed by atoms with Gasteiger partial charge >= 0.3 is 0 Å². The minimum Gasteiger partial charge on any atom is -0.334 e. The summed E-state index contributed by atoms with van der Waals surface area (Å²) in [6.45, 7) is 0. The highest BCUT2D eigenvalue weighted by Crippen LogP contribution is 2.25. The van der Waals surface area contributed by atoms with Gasteiger partial charge in [0, 0.05) is 19.7 Å². The van der Waals surface area contributed by atoms with Crippen molar-refractivity contribution in [2.75, 3.05) is 0 Å². The minimum absolute atomic E-state index is 0.270. The maximum Gasteiger partial charge on any atom is 0.187 e. The third-order valence-corrected chi connectivity index (χ3v) is 4.48. The van der Waals surface area contributed by atoms with Gasteiger partial charge in [0.1, 0.15) is 5.82 Å². The fourth-order valence-electron chi connectivity index (χ4n) is 3.11. The Bertz CT molecular complexity index is 1160. The van der Waals surface area contributed by atoms with Crippen molar-refractivity contribution in [1.29, 1.82) is 5.26 Å². The van der Waals surface area contributed by atoms with E-state index in [9.17, 15) is 10.1 Å². The van der Waals surface area contributed by atoms with E-state index in [4.69, 9.17) is 0 Å². The van der Waals surface area contributed by atoms with Crippen LogP contribution in [-0.4, -0.2) is 24.9 Å². The summed E-state index contributed by atoms with van der Waals surface area (Å²) < 4.78 is 3.69. The molecular formula is C19H15N5O. The smallest absolute Gasteiger partial charge is 0.187 e. The lowest BCUT2D eigenvalue weighted by Crippen LogP contribution is -2.15. The van der Waals surface area contributed by atoms with Crippen LogP contribution in [0.15, 0.2) is 48.8 Å². The number of aryl methyl sites for hydroxylation is 2. The predicted molar refractivity (Wildman–Crippen MR) is 94.1 cm³/mol. The first-order valence-corrected chi connectivity index (χ1v) is 7.86. The highest BCUT2D eigenvalue weighted by atomic mass is 16.1. The van der Waals surface area contributed by atoms with Gasteiger partial charge in [0.15, 0.2) is 11.7 Å². The molecule has 2 aromatic heterocycles. The maximum absolute atomic E-state index is 12.9. The average molecular weight is 329 g/mol. The number of hydrogen-bond donors (Lipinski definition) is 0. The van der Waals surface area contributed by atoms with Crippen molar-refractivity contribution in [2.45, 2.75) is 5.92 Å². The molecular weight excluding hydrogens is 314 g/mol. The highest BCUT2D eigenvalue weighted by Gasteiger charge is 2.27. The molecule has 4 rings (SSSR count). The molecule has 122 valence electrons. The molecule has 0 amide bonds. The fourth-order valence-corrected chi connectivity index (χ4v) is 3.11. The van der Waals surface area contributed by atoms with Crippen LogP contribution in [0.1, 0.15) is 22.1 Å². The molecule has 6 nitrogen and oxygen atoms in total. The van der Waals surface area contributed by atoms with Crippen LogP contribution in [0.4, 0.5) is 0 Å². The molecule has 0 aliphatic heterocycles. The predicted octanol–water partition coefficient (Wildman–Crippen LogP) is 2.95. The van der Waals surface area contributed by atoms with Crippen molar-refractivity contribution in [3.63, 3.8) is 0 Å². The van der Waals surface area contributed by atoms with Crippen molar-refractivity contribution in [3.8, 4) is 6.07 Å². The molecule has 1 atom stereocenters. The molecule has 0 saturated heterocycles. The van der Waals surface area contributed by atoms with Gasteiger partial charge in [-0.1, -0.05) is 12.1 Å². The lowest BCUT2D eigenvalue weighted by molar-refractivity contribution is 0.0975. The second kappa shape index (κ2) is 5.56. The Kier molecular flexibility index (Phi) is 3.36. The normalized spacial score (nSPS) is 12.4. The largest absolute Gasteiger partial charge is 0.334 e. The Labute approximate surface area is 144 Å². The summed E-state index contributed by atoms with van der Waals surface area (Å²) in [5.74, 6) is -0.776. The fraction of sp³-hybridized carbons (Fsp3) is 0.158. The van der Waals surface area contributed by atoms with Crippen molar-refractivity contribution >= 4 is 27.9 Å². The van der Waals surface area contributed by atoms with E-state index < -0.39 is 5.92 Å². The zero-order chi connectivity index (χ0) is 17.6. The summed E-state index contributed by atoms with van der Waals surface area (Å²) in [5, 5.41) is 9.63. The summed E-state index contributed by atoms with van der Waals surface area (Å²) in [7, 11) is 3.72. The Morgan fingerprint density at radius 1 is 1.12 bits per heavy atom.